The van der Waals surface area contributed by atoms with E-state index in [-0.39, 0.29) is 11.8 Å². The first-order chi connectivity index (χ1) is 17.0. The number of para-hydroxylation sites is 3. The van der Waals surface area contributed by atoms with E-state index in [1.54, 1.807) is 0 Å². The fourth-order valence-electron chi connectivity index (χ4n) is 4.05. The second-order valence-corrected chi connectivity index (χ2v) is 8.81. The van der Waals surface area contributed by atoms with Crippen molar-refractivity contribution < 1.29 is 14.3 Å². The third-order valence-electron chi connectivity index (χ3n) is 6.21. The molecule has 1 fully saturated rings. The molecule has 0 aromatic heterocycles. The summed E-state index contributed by atoms with van der Waals surface area (Å²) in [6.07, 6.45) is 0. The van der Waals surface area contributed by atoms with Gasteiger partial charge in [-0.1, -0.05) is 42.5 Å². The Balaban J connectivity index is 1.23. The zero-order valence-electron chi connectivity index (χ0n) is 20.3. The van der Waals surface area contributed by atoms with Gasteiger partial charge in [-0.05, 0) is 55.3 Å². The van der Waals surface area contributed by atoms with E-state index in [4.69, 9.17) is 4.74 Å². The number of ether oxygens (including phenoxy) is 1. The lowest BCUT2D eigenvalue weighted by Crippen LogP contribution is -2.50. The molecule has 7 heteroatoms. The van der Waals surface area contributed by atoms with Crippen molar-refractivity contribution >= 4 is 23.2 Å². The summed E-state index contributed by atoms with van der Waals surface area (Å²) in [5.41, 5.74) is 3.75. The number of aryl methyl sites for hydroxylation is 1. The number of anilines is 2. The molecule has 3 aromatic rings. The third kappa shape index (κ3) is 6.91. The van der Waals surface area contributed by atoms with E-state index in [0.717, 1.165) is 43.0 Å². The van der Waals surface area contributed by atoms with Crippen LogP contribution in [0.15, 0.2) is 72.8 Å². The molecule has 0 unspecified atom stereocenters. The third-order valence-corrected chi connectivity index (χ3v) is 6.21. The molecule has 0 radical (unpaired) electrons. The highest BCUT2D eigenvalue weighted by Crippen LogP contribution is 2.29. The molecule has 3 aromatic carbocycles. The van der Waals surface area contributed by atoms with Gasteiger partial charge >= 0.3 is 0 Å². The maximum absolute atomic E-state index is 12.7. The Labute approximate surface area is 206 Å². The highest BCUT2D eigenvalue weighted by molar-refractivity contribution is 5.94. The number of carbonyl (C=O) groups excluding carboxylic acids is 2. The van der Waals surface area contributed by atoms with Crippen LogP contribution in [0.2, 0.25) is 0 Å². The van der Waals surface area contributed by atoms with Gasteiger partial charge < -0.3 is 15.4 Å². The van der Waals surface area contributed by atoms with Crippen LogP contribution < -0.4 is 15.4 Å². The summed E-state index contributed by atoms with van der Waals surface area (Å²) >= 11 is 0. The molecule has 7 nitrogen and oxygen atoms in total. The number of hydrogen-bond donors (Lipinski definition) is 2. The van der Waals surface area contributed by atoms with Gasteiger partial charge in [-0.25, -0.2) is 0 Å². The zero-order valence-corrected chi connectivity index (χ0v) is 20.3. The first-order valence-electron chi connectivity index (χ1n) is 11.9. The topological polar surface area (TPSA) is 73.9 Å². The van der Waals surface area contributed by atoms with Crippen LogP contribution in [0.5, 0.6) is 11.5 Å². The van der Waals surface area contributed by atoms with E-state index in [9.17, 15) is 9.59 Å². The van der Waals surface area contributed by atoms with Crippen molar-refractivity contribution in [1.82, 2.24) is 9.80 Å². The Morgan fingerprint density at radius 1 is 0.714 bits per heavy atom. The fourth-order valence-corrected chi connectivity index (χ4v) is 4.05. The number of rotatable bonds is 8. The van der Waals surface area contributed by atoms with Gasteiger partial charge in [0.2, 0.25) is 11.8 Å². The monoisotopic (exact) mass is 472 g/mol. The maximum atomic E-state index is 12.7. The van der Waals surface area contributed by atoms with Gasteiger partial charge in [0, 0.05) is 31.9 Å². The summed E-state index contributed by atoms with van der Waals surface area (Å²) in [6, 6.07) is 22.8. The minimum atomic E-state index is -0.0878. The maximum Gasteiger partial charge on any atom is 0.238 e. The van der Waals surface area contributed by atoms with Crippen LogP contribution in [0.3, 0.4) is 0 Å². The number of carbonyl (C=O) groups is 2. The second kappa shape index (κ2) is 11.6. The highest BCUT2D eigenvalue weighted by atomic mass is 16.5. The average molecular weight is 473 g/mol. The van der Waals surface area contributed by atoms with E-state index in [0.29, 0.717) is 30.3 Å². The first-order valence-corrected chi connectivity index (χ1v) is 11.9. The van der Waals surface area contributed by atoms with Crippen LogP contribution in [-0.4, -0.2) is 60.9 Å². The largest absolute Gasteiger partial charge is 0.455 e. The quantitative estimate of drug-likeness (QED) is 0.512. The van der Waals surface area contributed by atoms with E-state index in [2.05, 4.69) is 20.4 Å². The SMILES string of the molecule is Cc1cccc(NC(=O)CN2CCN(CC(=O)Nc3ccccc3Oc3ccccc3)CC2)c1C. The van der Waals surface area contributed by atoms with Gasteiger partial charge in [0.05, 0.1) is 18.8 Å². The number of benzene rings is 3. The van der Waals surface area contributed by atoms with Gasteiger partial charge in [-0.15, -0.1) is 0 Å². The van der Waals surface area contributed by atoms with Gasteiger partial charge in [0.15, 0.2) is 5.75 Å². The van der Waals surface area contributed by atoms with Crippen molar-refractivity contribution in [1.29, 1.82) is 0 Å². The standard InChI is InChI=1S/C28H32N4O3/c1-21-9-8-13-24(22(21)2)29-27(33)19-31-15-17-32(18-16-31)20-28(34)30-25-12-6-7-14-26(25)35-23-10-4-3-5-11-23/h3-14H,15-20H2,1-2H3,(H,29,33)(H,30,34). The zero-order chi connectivity index (χ0) is 24.6. The van der Waals surface area contributed by atoms with Crippen molar-refractivity contribution in [3.63, 3.8) is 0 Å². The van der Waals surface area contributed by atoms with E-state index in [1.165, 1.54) is 0 Å². The molecule has 2 N–H and O–H groups in total. The Bertz CT molecular complexity index is 1160. The Hall–Kier alpha value is -3.68. The number of nitrogens with one attached hydrogen (secondary N) is 2. The molecule has 2 amide bonds. The highest BCUT2D eigenvalue weighted by Gasteiger charge is 2.21. The van der Waals surface area contributed by atoms with Crippen LogP contribution in [0.25, 0.3) is 0 Å². The summed E-state index contributed by atoms with van der Waals surface area (Å²) in [5, 5.41) is 6.00. The number of nitrogens with zero attached hydrogens (tertiary/aromatic N) is 2. The minimum absolute atomic E-state index is 0.0140. The lowest BCUT2D eigenvalue weighted by atomic mass is 10.1. The molecule has 0 saturated carbocycles. The van der Waals surface area contributed by atoms with Gasteiger partial charge in [-0.2, -0.15) is 0 Å². The lowest BCUT2D eigenvalue weighted by Gasteiger charge is -2.33. The Kier molecular flexibility index (Phi) is 8.13. The van der Waals surface area contributed by atoms with Crippen molar-refractivity contribution in [2.24, 2.45) is 0 Å². The number of amides is 2. The molecule has 1 heterocycles. The molecule has 1 saturated heterocycles. The van der Waals surface area contributed by atoms with Crippen LogP contribution in [-0.2, 0) is 9.59 Å². The van der Waals surface area contributed by atoms with E-state index >= 15 is 0 Å². The summed E-state index contributed by atoms with van der Waals surface area (Å²) in [7, 11) is 0. The fraction of sp³-hybridized carbons (Fsp3) is 0.286. The molecule has 4 rings (SSSR count). The lowest BCUT2D eigenvalue weighted by molar-refractivity contribution is -0.120. The van der Waals surface area contributed by atoms with E-state index < -0.39 is 0 Å². The smallest absolute Gasteiger partial charge is 0.238 e. The normalized spacial score (nSPS) is 14.3. The van der Waals surface area contributed by atoms with Gasteiger partial charge in [-0.3, -0.25) is 19.4 Å². The summed E-state index contributed by atoms with van der Waals surface area (Å²) < 4.78 is 5.93. The number of piperazine rings is 1. The molecular formula is C28H32N4O3. The molecule has 0 atom stereocenters. The molecule has 0 bridgehead atoms. The van der Waals surface area contributed by atoms with Crippen molar-refractivity contribution in [3.8, 4) is 11.5 Å². The summed E-state index contributed by atoms with van der Waals surface area (Å²) in [4.78, 5) is 29.5. The van der Waals surface area contributed by atoms with Crippen LogP contribution in [0.1, 0.15) is 11.1 Å². The minimum Gasteiger partial charge on any atom is -0.455 e. The van der Waals surface area contributed by atoms with Crippen molar-refractivity contribution in [2.75, 3.05) is 49.9 Å². The molecular weight excluding hydrogens is 440 g/mol. The Morgan fingerprint density at radius 3 is 1.91 bits per heavy atom. The molecule has 1 aliphatic rings. The van der Waals surface area contributed by atoms with Crippen molar-refractivity contribution in [3.05, 3.63) is 83.9 Å². The van der Waals surface area contributed by atoms with E-state index in [1.807, 2.05) is 86.6 Å². The van der Waals surface area contributed by atoms with Crippen LogP contribution in [0, 0.1) is 13.8 Å². The van der Waals surface area contributed by atoms with Crippen molar-refractivity contribution in [2.45, 2.75) is 13.8 Å². The summed E-state index contributed by atoms with van der Waals surface area (Å²) in [5.74, 6) is 1.22. The van der Waals surface area contributed by atoms with Crippen LogP contribution in [0.4, 0.5) is 11.4 Å². The summed E-state index contributed by atoms with van der Waals surface area (Å²) in [6.45, 7) is 7.62. The average Bonchev–Trinajstić information content (AvgIpc) is 2.85. The predicted molar refractivity (Wildman–Crippen MR) is 139 cm³/mol. The number of hydrogen-bond acceptors (Lipinski definition) is 5. The molecule has 35 heavy (non-hydrogen) atoms. The molecule has 1 aliphatic heterocycles. The second-order valence-electron chi connectivity index (χ2n) is 8.81. The predicted octanol–water partition coefficient (Wildman–Crippen LogP) is 4.29. The molecule has 0 spiro atoms. The first kappa shape index (κ1) is 24.4. The Morgan fingerprint density at radius 2 is 1.26 bits per heavy atom. The molecule has 0 aliphatic carbocycles. The molecule has 182 valence electrons. The van der Waals surface area contributed by atoms with Crippen LogP contribution >= 0.6 is 0 Å². The van der Waals surface area contributed by atoms with Gasteiger partial charge in [0.1, 0.15) is 5.75 Å². The van der Waals surface area contributed by atoms with Gasteiger partial charge in [0.25, 0.3) is 0 Å².